The Morgan fingerprint density at radius 3 is 3.00 bits per heavy atom. The van der Waals surface area contributed by atoms with Crippen molar-refractivity contribution in [3.05, 3.63) is 0 Å². The Hall–Kier alpha value is -0.160. The molecule has 1 unspecified atom stereocenters. The molecule has 2 aliphatic rings. The molecule has 0 aliphatic carbocycles. The summed E-state index contributed by atoms with van der Waals surface area (Å²) in [5.74, 6) is 0. The van der Waals surface area contributed by atoms with Crippen molar-refractivity contribution in [3.8, 4) is 0 Å². The van der Waals surface area contributed by atoms with Gasteiger partial charge in [-0.1, -0.05) is 6.42 Å². The maximum Gasteiger partial charge on any atom is 0.0587 e. The molecule has 4 heteroatoms. The first kappa shape index (κ1) is 14.3. The highest BCUT2D eigenvalue weighted by atomic mass is 16.5. The van der Waals surface area contributed by atoms with Gasteiger partial charge in [0.1, 0.15) is 0 Å². The molecular weight excluding hydrogens is 226 g/mol. The first-order chi connectivity index (χ1) is 8.90. The summed E-state index contributed by atoms with van der Waals surface area (Å²) in [6, 6.07) is 0.856. The molecule has 0 radical (unpaired) electrons. The molecule has 0 aromatic rings. The van der Waals surface area contributed by atoms with Crippen LogP contribution in [0.3, 0.4) is 0 Å². The van der Waals surface area contributed by atoms with E-state index in [1.807, 2.05) is 0 Å². The summed E-state index contributed by atoms with van der Waals surface area (Å²) < 4.78 is 5.02. The largest absolute Gasteiger partial charge is 0.383 e. The third-order valence-corrected chi connectivity index (χ3v) is 4.23. The monoisotopic (exact) mass is 255 g/mol. The van der Waals surface area contributed by atoms with Gasteiger partial charge in [0.25, 0.3) is 0 Å². The minimum atomic E-state index is 0.820. The van der Waals surface area contributed by atoms with E-state index in [-0.39, 0.29) is 0 Å². The molecule has 0 spiro atoms. The van der Waals surface area contributed by atoms with Gasteiger partial charge in [-0.2, -0.15) is 0 Å². The smallest absolute Gasteiger partial charge is 0.0587 e. The van der Waals surface area contributed by atoms with Crippen molar-refractivity contribution in [2.45, 2.75) is 31.7 Å². The van der Waals surface area contributed by atoms with Crippen LogP contribution in [0.15, 0.2) is 0 Å². The number of piperidine rings is 1. The molecule has 2 aliphatic heterocycles. The molecule has 18 heavy (non-hydrogen) atoms. The zero-order valence-electron chi connectivity index (χ0n) is 11.9. The van der Waals surface area contributed by atoms with Crippen molar-refractivity contribution < 1.29 is 4.74 Å². The predicted octanol–water partition coefficient (Wildman–Crippen LogP) is 0.783. The number of rotatable bonds is 7. The van der Waals surface area contributed by atoms with Gasteiger partial charge < -0.3 is 15.0 Å². The van der Waals surface area contributed by atoms with Gasteiger partial charge in [-0.05, 0) is 38.9 Å². The standard InChI is InChI=1S/C14H29N3O/c1-18-12-7-15-6-4-8-16-10-11-17-9-3-2-5-14(17)13-16/h14-15H,2-13H2,1H3. The number of piperazine rings is 1. The van der Waals surface area contributed by atoms with Gasteiger partial charge >= 0.3 is 0 Å². The number of nitrogens with one attached hydrogen (secondary N) is 1. The fourth-order valence-electron chi connectivity index (χ4n) is 3.15. The van der Waals surface area contributed by atoms with Crippen LogP contribution in [-0.4, -0.2) is 75.4 Å². The normalized spacial score (nSPS) is 26.2. The third-order valence-electron chi connectivity index (χ3n) is 4.23. The molecule has 2 heterocycles. The second-order valence-corrected chi connectivity index (χ2v) is 5.58. The highest BCUT2D eigenvalue weighted by molar-refractivity contribution is 4.84. The summed E-state index contributed by atoms with van der Waals surface area (Å²) in [6.45, 7) is 9.39. The summed E-state index contributed by atoms with van der Waals surface area (Å²) in [4.78, 5) is 5.36. The van der Waals surface area contributed by atoms with E-state index < -0.39 is 0 Å². The second-order valence-electron chi connectivity index (χ2n) is 5.58. The summed E-state index contributed by atoms with van der Waals surface area (Å²) in [5, 5.41) is 3.42. The van der Waals surface area contributed by atoms with Crippen molar-refractivity contribution in [1.82, 2.24) is 15.1 Å². The van der Waals surface area contributed by atoms with Crippen LogP contribution in [0.5, 0.6) is 0 Å². The predicted molar refractivity (Wildman–Crippen MR) is 75.0 cm³/mol. The van der Waals surface area contributed by atoms with Crippen LogP contribution in [-0.2, 0) is 4.74 Å². The molecule has 0 aromatic carbocycles. The number of hydrogen-bond acceptors (Lipinski definition) is 4. The van der Waals surface area contributed by atoms with E-state index in [9.17, 15) is 0 Å². The third kappa shape index (κ3) is 4.50. The molecule has 0 amide bonds. The van der Waals surface area contributed by atoms with Crippen molar-refractivity contribution in [2.75, 3.05) is 59.5 Å². The molecule has 2 saturated heterocycles. The second kappa shape index (κ2) is 8.10. The molecule has 2 rings (SSSR count). The van der Waals surface area contributed by atoms with E-state index in [1.165, 1.54) is 58.4 Å². The minimum absolute atomic E-state index is 0.820. The Morgan fingerprint density at radius 1 is 1.17 bits per heavy atom. The van der Waals surface area contributed by atoms with Gasteiger partial charge in [0.2, 0.25) is 0 Å². The number of ether oxygens (including phenoxy) is 1. The zero-order valence-corrected chi connectivity index (χ0v) is 11.9. The lowest BCUT2D eigenvalue weighted by molar-refractivity contribution is 0.0489. The lowest BCUT2D eigenvalue weighted by atomic mass is 9.99. The van der Waals surface area contributed by atoms with Gasteiger partial charge in [-0.25, -0.2) is 0 Å². The van der Waals surface area contributed by atoms with E-state index in [0.29, 0.717) is 0 Å². The number of methoxy groups -OCH3 is 1. The van der Waals surface area contributed by atoms with Crippen LogP contribution in [0.1, 0.15) is 25.7 Å². The van der Waals surface area contributed by atoms with E-state index >= 15 is 0 Å². The summed E-state index contributed by atoms with van der Waals surface area (Å²) >= 11 is 0. The van der Waals surface area contributed by atoms with E-state index in [4.69, 9.17) is 4.74 Å². The Morgan fingerprint density at radius 2 is 2.11 bits per heavy atom. The fourth-order valence-corrected chi connectivity index (χ4v) is 3.15. The summed E-state index contributed by atoms with van der Waals surface area (Å²) in [6.07, 6.45) is 5.53. The van der Waals surface area contributed by atoms with Gasteiger partial charge in [0.05, 0.1) is 6.61 Å². The minimum Gasteiger partial charge on any atom is -0.383 e. The van der Waals surface area contributed by atoms with Crippen LogP contribution in [0.25, 0.3) is 0 Å². The quantitative estimate of drug-likeness (QED) is 0.681. The molecule has 0 bridgehead atoms. The Balaban J connectivity index is 1.54. The SMILES string of the molecule is COCCNCCCN1CCN2CCCCC2C1. The average molecular weight is 255 g/mol. The molecule has 1 N–H and O–H groups in total. The van der Waals surface area contributed by atoms with Crippen LogP contribution >= 0.6 is 0 Å². The number of nitrogens with zero attached hydrogens (tertiary/aromatic N) is 2. The van der Waals surface area contributed by atoms with Crippen molar-refractivity contribution in [3.63, 3.8) is 0 Å². The van der Waals surface area contributed by atoms with Crippen LogP contribution in [0.2, 0.25) is 0 Å². The maximum atomic E-state index is 5.02. The topological polar surface area (TPSA) is 27.7 Å². The molecule has 4 nitrogen and oxygen atoms in total. The molecule has 2 fully saturated rings. The van der Waals surface area contributed by atoms with Crippen molar-refractivity contribution >= 4 is 0 Å². The summed E-state index contributed by atoms with van der Waals surface area (Å²) in [7, 11) is 1.76. The molecule has 0 aromatic heterocycles. The van der Waals surface area contributed by atoms with Gasteiger partial charge in [-0.15, -0.1) is 0 Å². The van der Waals surface area contributed by atoms with Gasteiger partial charge in [0, 0.05) is 39.3 Å². The number of fused-ring (bicyclic) bond motifs is 1. The van der Waals surface area contributed by atoms with Crippen LogP contribution in [0, 0.1) is 0 Å². The van der Waals surface area contributed by atoms with Gasteiger partial charge in [-0.3, -0.25) is 4.90 Å². The van der Waals surface area contributed by atoms with E-state index in [0.717, 1.165) is 25.7 Å². The average Bonchev–Trinajstić information content (AvgIpc) is 2.42. The fraction of sp³-hybridized carbons (Fsp3) is 1.00. The van der Waals surface area contributed by atoms with Crippen LogP contribution in [0.4, 0.5) is 0 Å². The Bertz CT molecular complexity index is 225. The van der Waals surface area contributed by atoms with Gasteiger partial charge in [0.15, 0.2) is 0 Å². The van der Waals surface area contributed by atoms with Crippen molar-refractivity contribution in [1.29, 1.82) is 0 Å². The Labute approximate surface area is 112 Å². The first-order valence-electron chi connectivity index (χ1n) is 7.56. The maximum absolute atomic E-state index is 5.02. The van der Waals surface area contributed by atoms with Crippen LogP contribution < -0.4 is 5.32 Å². The Kier molecular flexibility index (Phi) is 6.41. The van der Waals surface area contributed by atoms with E-state index in [2.05, 4.69) is 15.1 Å². The summed E-state index contributed by atoms with van der Waals surface area (Å²) in [5.41, 5.74) is 0. The molecule has 0 saturated carbocycles. The van der Waals surface area contributed by atoms with Crippen molar-refractivity contribution in [2.24, 2.45) is 0 Å². The lowest BCUT2D eigenvalue weighted by Crippen LogP contribution is -2.54. The number of hydrogen-bond donors (Lipinski definition) is 1. The zero-order chi connectivity index (χ0) is 12.6. The highest BCUT2D eigenvalue weighted by Gasteiger charge is 2.28. The molecular formula is C14H29N3O. The lowest BCUT2D eigenvalue weighted by Gasteiger charge is -2.44. The highest BCUT2D eigenvalue weighted by Crippen LogP contribution is 2.20. The van der Waals surface area contributed by atoms with E-state index in [1.54, 1.807) is 7.11 Å². The molecule has 106 valence electrons. The first-order valence-corrected chi connectivity index (χ1v) is 7.56. The molecule has 1 atom stereocenters.